The van der Waals surface area contributed by atoms with Crippen LogP contribution in [0.4, 0.5) is 0 Å². The summed E-state index contributed by atoms with van der Waals surface area (Å²) in [6.45, 7) is 0.189. The topological polar surface area (TPSA) is 143 Å². The number of hydrogen-bond donors (Lipinski definition) is 4. The number of ketones is 1. The molecule has 0 heterocycles. The Kier molecular flexibility index (Phi) is 9.63. The lowest BCUT2D eigenvalue weighted by molar-refractivity contribution is -0.150. The summed E-state index contributed by atoms with van der Waals surface area (Å²) < 4.78 is 15.5. The van der Waals surface area contributed by atoms with Gasteiger partial charge in [-0.2, -0.15) is 0 Å². The van der Waals surface area contributed by atoms with Crippen LogP contribution in [0.5, 0.6) is 23.0 Å². The number of methoxy groups -OCH3 is 2. The molecule has 0 aromatic heterocycles. The maximum Gasteiger partial charge on any atom is 0.322 e. The van der Waals surface area contributed by atoms with Crippen molar-refractivity contribution in [2.24, 2.45) is 5.41 Å². The normalized spacial score (nSPS) is 12.2. The highest BCUT2D eigenvalue weighted by molar-refractivity contribution is 6.02. The van der Waals surface area contributed by atoms with Gasteiger partial charge in [0.1, 0.15) is 11.2 Å². The van der Waals surface area contributed by atoms with Crippen molar-refractivity contribution in [3.05, 3.63) is 71.5 Å². The van der Waals surface area contributed by atoms with Crippen LogP contribution in [-0.2, 0) is 9.59 Å². The highest BCUT2D eigenvalue weighted by Crippen LogP contribution is 2.31. The SMILES string of the molecule is COc1cc(/C=C/C(=O)/C=C(O)/C=C/c2ccc(OC(=O)C(C)(CO)CO)c(OC)c2)ccc1O. The summed E-state index contributed by atoms with van der Waals surface area (Å²) in [5.74, 6) is -1.02. The Labute approximate surface area is 202 Å². The molecule has 2 aromatic carbocycles. The zero-order chi connectivity index (χ0) is 26.0. The standard InChI is InChI=1S/C26H28O9/c1-26(15-27,16-28)25(32)35-22-11-7-18(13-24(22)34-3)5-9-20(30)14-19(29)8-4-17-6-10-21(31)23(12-17)33-2/h4-14,27-28,30-31H,15-16H2,1-3H3/b8-4+,9-5+,20-14-. The molecule has 0 spiro atoms. The van der Waals surface area contributed by atoms with Crippen LogP contribution in [0.25, 0.3) is 12.2 Å². The van der Waals surface area contributed by atoms with Crippen molar-refractivity contribution >= 4 is 23.9 Å². The Bertz CT molecular complexity index is 1140. The molecule has 9 nitrogen and oxygen atoms in total. The van der Waals surface area contributed by atoms with Gasteiger partial charge in [0.05, 0.1) is 27.4 Å². The fourth-order valence-corrected chi connectivity index (χ4v) is 2.67. The molecule has 0 radical (unpaired) electrons. The summed E-state index contributed by atoms with van der Waals surface area (Å²) >= 11 is 0. The first kappa shape index (κ1) is 27.2. The lowest BCUT2D eigenvalue weighted by Gasteiger charge is -2.22. The minimum absolute atomic E-state index is 0.0183. The summed E-state index contributed by atoms with van der Waals surface area (Å²) in [6.07, 6.45) is 6.64. The first-order valence-electron chi connectivity index (χ1n) is 10.5. The van der Waals surface area contributed by atoms with E-state index < -0.39 is 30.4 Å². The number of allylic oxidation sites excluding steroid dienone is 3. The summed E-state index contributed by atoms with van der Waals surface area (Å²) in [4.78, 5) is 24.3. The predicted molar refractivity (Wildman–Crippen MR) is 129 cm³/mol. The number of carbonyl (C=O) groups excluding carboxylic acids is 2. The fraction of sp³-hybridized carbons (Fsp3) is 0.231. The van der Waals surface area contributed by atoms with E-state index in [2.05, 4.69) is 0 Å². The number of hydrogen-bond acceptors (Lipinski definition) is 9. The Hall–Kier alpha value is -4.08. The van der Waals surface area contributed by atoms with Crippen molar-refractivity contribution < 1.29 is 44.2 Å². The molecule has 0 amide bonds. The fourth-order valence-electron chi connectivity index (χ4n) is 2.67. The number of carbonyl (C=O) groups is 2. The third-order valence-electron chi connectivity index (χ3n) is 4.96. The Morgan fingerprint density at radius 3 is 2.06 bits per heavy atom. The van der Waals surface area contributed by atoms with E-state index in [1.165, 1.54) is 57.6 Å². The van der Waals surface area contributed by atoms with Crippen molar-refractivity contribution in [2.45, 2.75) is 6.92 Å². The second kappa shape index (κ2) is 12.4. The van der Waals surface area contributed by atoms with Crippen LogP contribution in [0, 0.1) is 5.41 Å². The number of aliphatic hydroxyl groups excluding tert-OH is 3. The first-order valence-corrected chi connectivity index (χ1v) is 10.5. The molecule has 0 saturated carbocycles. The Balaban J connectivity index is 2.09. The van der Waals surface area contributed by atoms with E-state index in [0.29, 0.717) is 11.1 Å². The average molecular weight is 485 g/mol. The highest BCUT2D eigenvalue weighted by Gasteiger charge is 2.34. The van der Waals surface area contributed by atoms with Crippen molar-refractivity contribution in [3.63, 3.8) is 0 Å². The third-order valence-corrected chi connectivity index (χ3v) is 4.96. The zero-order valence-corrected chi connectivity index (χ0v) is 19.6. The number of rotatable bonds is 11. The number of aliphatic hydroxyl groups is 3. The summed E-state index contributed by atoms with van der Waals surface area (Å²) in [5, 5.41) is 38.3. The molecular formula is C26H28O9. The molecule has 2 aromatic rings. The van der Waals surface area contributed by atoms with Crippen molar-refractivity contribution in [1.82, 2.24) is 0 Å². The largest absolute Gasteiger partial charge is 0.508 e. The molecular weight excluding hydrogens is 456 g/mol. The van der Waals surface area contributed by atoms with Gasteiger partial charge in [-0.3, -0.25) is 9.59 Å². The Morgan fingerprint density at radius 1 is 0.886 bits per heavy atom. The van der Waals surface area contributed by atoms with Gasteiger partial charge in [0.2, 0.25) is 0 Å². The van der Waals surface area contributed by atoms with Crippen molar-refractivity contribution in [3.8, 4) is 23.0 Å². The molecule has 0 saturated heterocycles. The van der Waals surface area contributed by atoms with Crippen LogP contribution >= 0.6 is 0 Å². The van der Waals surface area contributed by atoms with Gasteiger partial charge < -0.3 is 34.6 Å². The first-order chi connectivity index (χ1) is 16.6. The van der Waals surface area contributed by atoms with Crippen molar-refractivity contribution in [2.75, 3.05) is 27.4 Å². The van der Waals surface area contributed by atoms with E-state index in [9.17, 15) is 30.0 Å². The van der Waals surface area contributed by atoms with Gasteiger partial charge in [-0.25, -0.2) is 0 Å². The molecule has 0 atom stereocenters. The van der Waals surface area contributed by atoms with Crippen LogP contribution in [0.3, 0.4) is 0 Å². The quantitative estimate of drug-likeness (QED) is 0.124. The number of phenolic OH excluding ortho intramolecular Hbond substituents is 1. The van der Waals surface area contributed by atoms with Gasteiger partial charge >= 0.3 is 5.97 Å². The van der Waals surface area contributed by atoms with Crippen LogP contribution in [0.2, 0.25) is 0 Å². The smallest absolute Gasteiger partial charge is 0.322 e. The van der Waals surface area contributed by atoms with Gasteiger partial charge in [-0.15, -0.1) is 0 Å². The summed E-state index contributed by atoms with van der Waals surface area (Å²) in [7, 11) is 2.80. The van der Waals surface area contributed by atoms with Crippen LogP contribution < -0.4 is 14.2 Å². The predicted octanol–water partition coefficient (Wildman–Crippen LogP) is 3.04. The number of benzene rings is 2. The second-order valence-electron chi connectivity index (χ2n) is 7.75. The molecule has 0 fully saturated rings. The molecule has 4 N–H and O–H groups in total. The molecule has 0 bridgehead atoms. The van der Waals surface area contributed by atoms with E-state index in [4.69, 9.17) is 14.2 Å². The molecule has 0 aliphatic rings. The van der Waals surface area contributed by atoms with Gasteiger partial charge in [0.25, 0.3) is 0 Å². The van der Waals surface area contributed by atoms with E-state index in [-0.39, 0.29) is 28.8 Å². The van der Waals surface area contributed by atoms with Gasteiger partial charge in [-0.05, 0) is 54.5 Å². The molecule has 186 valence electrons. The minimum Gasteiger partial charge on any atom is -0.508 e. The minimum atomic E-state index is -1.46. The second-order valence-corrected chi connectivity index (χ2v) is 7.75. The van der Waals surface area contributed by atoms with Crippen LogP contribution in [0.15, 0.2) is 60.4 Å². The maximum absolute atomic E-state index is 12.3. The number of aromatic hydroxyl groups is 1. The average Bonchev–Trinajstić information content (AvgIpc) is 2.86. The lowest BCUT2D eigenvalue weighted by atomic mass is 9.93. The van der Waals surface area contributed by atoms with E-state index in [1.807, 2.05) is 0 Å². The number of ether oxygens (including phenoxy) is 3. The molecule has 35 heavy (non-hydrogen) atoms. The lowest BCUT2D eigenvalue weighted by Crippen LogP contribution is -2.38. The third kappa shape index (κ3) is 7.46. The summed E-state index contributed by atoms with van der Waals surface area (Å²) in [6, 6.07) is 9.20. The highest BCUT2D eigenvalue weighted by atomic mass is 16.6. The molecule has 0 unspecified atom stereocenters. The van der Waals surface area contributed by atoms with E-state index in [1.54, 1.807) is 24.3 Å². The monoisotopic (exact) mass is 484 g/mol. The zero-order valence-electron chi connectivity index (χ0n) is 19.6. The summed E-state index contributed by atoms with van der Waals surface area (Å²) in [5.41, 5.74) is -0.259. The van der Waals surface area contributed by atoms with E-state index in [0.717, 1.165) is 6.08 Å². The molecule has 0 aliphatic carbocycles. The molecule has 9 heteroatoms. The molecule has 0 aliphatic heterocycles. The van der Waals surface area contributed by atoms with Crippen molar-refractivity contribution in [1.29, 1.82) is 0 Å². The Morgan fingerprint density at radius 2 is 1.46 bits per heavy atom. The van der Waals surface area contributed by atoms with Crippen LogP contribution in [0.1, 0.15) is 18.1 Å². The van der Waals surface area contributed by atoms with Gasteiger partial charge in [0.15, 0.2) is 28.8 Å². The van der Waals surface area contributed by atoms with Gasteiger partial charge in [-0.1, -0.05) is 24.3 Å². The van der Waals surface area contributed by atoms with E-state index >= 15 is 0 Å². The number of phenols is 1. The maximum atomic E-state index is 12.3. The number of esters is 1. The van der Waals surface area contributed by atoms with Gasteiger partial charge in [0, 0.05) is 6.08 Å². The van der Waals surface area contributed by atoms with Crippen LogP contribution in [-0.4, -0.2) is 59.6 Å². The molecule has 2 rings (SSSR count).